The molecule has 4 rings (SSSR count). The first-order chi connectivity index (χ1) is 15.0. The number of carbonyl (C=O) groups excluding carboxylic acids is 2. The van der Waals surface area contributed by atoms with Gasteiger partial charge in [0.15, 0.2) is 11.5 Å². The zero-order valence-electron chi connectivity index (χ0n) is 17.2. The molecular weight excluding hydrogens is 396 g/mol. The highest BCUT2D eigenvalue weighted by Crippen LogP contribution is 2.34. The summed E-state index contributed by atoms with van der Waals surface area (Å²) in [7, 11) is 1.56. The predicted octanol–water partition coefficient (Wildman–Crippen LogP) is 4.17. The first kappa shape index (κ1) is 20.3. The maximum atomic E-state index is 12.9. The average molecular weight is 418 g/mol. The number of anilines is 1. The van der Waals surface area contributed by atoms with Crippen molar-refractivity contribution in [3.05, 3.63) is 83.4 Å². The van der Waals surface area contributed by atoms with E-state index in [-0.39, 0.29) is 24.6 Å². The van der Waals surface area contributed by atoms with Gasteiger partial charge in [-0.05, 0) is 61.0 Å². The predicted molar refractivity (Wildman–Crippen MR) is 116 cm³/mol. The summed E-state index contributed by atoms with van der Waals surface area (Å²) < 4.78 is 15.9. The van der Waals surface area contributed by atoms with Crippen molar-refractivity contribution in [1.82, 2.24) is 5.32 Å². The van der Waals surface area contributed by atoms with Crippen LogP contribution in [0.3, 0.4) is 0 Å². The number of fused-ring (bicyclic) bond motifs is 1. The van der Waals surface area contributed by atoms with E-state index >= 15 is 0 Å². The van der Waals surface area contributed by atoms with Gasteiger partial charge in [-0.15, -0.1) is 0 Å². The molecule has 0 bridgehead atoms. The quantitative estimate of drug-likeness (QED) is 0.628. The summed E-state index contributed by atoms with van der Waals surface area (Å²) >= 11 is 0. The number of methoxy groups -OCH3 is 1. The van der Waals surface area contributed by atoms with Crippen LogP contribution in [-0.4, -0.2) is 25.7 Å². The molecule has 3 aromatic rings. The lowest BCUT2D eigenvalue weighted by Gasteiger charge is -2.17. The van der Waals surface area contributed by atoms with Crippen LogP contribution in [0.4, 0.5) is 5.69 Å². The van der Waals surface area contributed by atoms with Crippen molar-refractivity contribution in [2.24, 2.45) is 0 Å². The molecule has 3 aromatic carbocycles. The van der Waals surface area contributed by atoms with Crippen LogP contribution < -0.4 is 24.8 Å². The number of carbonyl (C=O) groups is 2. The smallest absolute Gasteiger partial charge is 0.255 e. The zero-order chi connectivity index (χ0) is 21.8. The maximum absolute atomic E-state index is 12.9. The van der Waals surface area contributed by atoms with Gasteiger partial charge in [0.25, 0.3) is 11.8 Å². The minimum absolute atomic E-state index is 0.195. The Morgan fingerprint density at radius 3 is 2.45 bits per heavy atom. The lowest BCUT2D eigenvalue weighted by molar-refractivity contribution is 0.0940. The third-order valence-corrected chi connectivity index (χ3v) is 5.02. The molecule has 0 aliphatic carbocycles. The van der Waals surface area contributed by atoms with Crippen molar-refractivity contribution in [2.75, 3.05) is 19.2 Å². The largest absolute Gasteiger partial charge is 0.497 e. The molecule has 1 heterocycles. The molecule has 2 N–H and O–H groups in total. The zero-order valence-corrected chi connectivity index (χ0v) is 17.2. The van der Waals surface area contributed by atoms with Crippen LogP contribution in [0.25, 0.3) is 0 Å². The Balaban J connectivity index is 1.48. The van der Waals surface area contributed by atoms with Crippen LogP contribution in [0, 0.1) is 0 Å². The number of benzene rings is 3. The van der Waals surface area contributed by atoms with E-state index < -0.39 is 0 Å². The SMILES string of the molecule is COc1ccc(C(=O)Nc2ccccc2C(=O)NC(C)c2ccc3c(c2)OCO3)cc1. The van der Waals surface area contributed by atoms with Gasteiger partial charge in [0.2, 0.25) is 6.79 Å². The second-order valence-electron chi connectivity index (χ2n) is 7.04. The molecule has 31 heavy (non-hydrogen) atoms. The summed E-state index contributed by atoms with van der Waals surface area (Å²) in [5, 5.41) is 5.78. The lowest BCUT2D eigenvalue weighted by atomic mass is 10.1. The van der Waals surface area contributed by atoms with E-state index in [4.69, 9.17) is 14.2 Å². The fraction of sp³-hybridized carbons (Fsp3) is 0.167. The van der Waals surface area contributed by atoms with Crippen LogP contribution >= 0.6 is 0 Å². The topological polar surface area (TPSA) is 85.9 Å². The molecule has 1 atom stereocenters. The number of amides is 2. The Morgan fingerprint density at radius 2 is 1.68 bits per heavy atom. The summed E-state index contributed by atoms with van der Waals surface area (Å²) in [6, 6.07) is 18.9. The van der Waals surface area contributed by atoms with Crippen LogP contribution in [0.1, 0.15) is 39.2 Å². The van der Waals surface area contributed by atoms with Gasteiger partial charge in [-0.3, -0.25) is 9.59 Å². The molecule has 0 radical (unpaired) electrons. The molecular formula is C24H22N2O5. The first-order valence-corrected chi connectivity index (χ1v) is 9.80. The molecule has 1 unspecified atom stereocenters. The standard InChI is InChI=1S/C24H22N2O5/c1-15(17-9-12-21-22(13-17)31-14-30-21)25-24(28)19-5-3-4-6-20(19)26-23(27)16-7-10-18(29-2)11-8-16/h3-13,15H,14H2,1-2H3,(H,25,28)(H,26,27). The monoisotopic (exact) mass is 418 g/mol. The Hall–Kier alpha value is -4.00. The summed E-state index contributed by atoms with van der Waals surface area (Å²) in [6.07, 6.45) is 0. The third-order valence-electron chi connectivity index (χ3n) is 5.02. The molecule has 0 saturated heterocycles. The molecule has 2 amide bonds. The molecule has 1 aliphatic rings. The average Bonchev–Trinajstić information content (AvgIpc) is 3.27. The van der Waals surface area contributed by atoms with Crippen LogP contribution in [0.5, 0.6) is 17.2 Å². The number of para-hydroxylation sites is 1. The summed E-state index contributed by atoms with van der Waals surface area (Å²) in [4.78, 5) is 25.6. The van der Waals surface area contributed by atoms with Gasteiger partial charge in [0.05, 0.1) is 24.4 Å². The van der Waals surface area contributed by atoms with Gasteiger partial charge in [-0.1, -0.05) is 18.2 Å². The Bertz CT molecular complexity index is 1110. The van der Waals surface area contributed by atoms with Gasteiger partial charge < -0.3 is 24.8 Å². The van der Waals surface area contributed by atoms with Crippen molar-refractivity contribution >= 4 is 17.5 Å². The van der Waals surface area contributed by atoms with E-state index in [2.05, 4.69) is 10.6 Å². The number of rotatable bonds is 6. The number of hydrogen-bond acceptors (Lipinski definition) is 5. The van der Waals surface area contributed by atoms with Crippen molar-refractivity contribution < 1.29 is 23.8 Å². The lowest BCUT2D eigenvalue weighted by Crippen LogP contribution is -2.28. The van der Waals surface area contributed by atoms with Crippen LogP contribution in [0.15, 0.2) is 66.7 Å². The maximum Gasteiger partial charge on any atom is 0.255 e. The van der Waals surface area contributed by atoms with Gasteiger partial charge >= 0.3 is 0 Å². The fourth-order valence-corrected chi connectivity index (χ4v) is 3.27. The second kappa shape index (κ2) is 8.79. The molecule has 7 nitrogen and oxygen atoms in total. The Morgan fingerprint density at radius 1 is 0.935 bits per heavy atom. The highest BCUT2D eigenvalue weighted by molar-refractivity contribution is 6.09. The minimum atomic E-state index is -0.313. The second-order valence-corrected chi connectivity index (χ2v) is 7.04. The molecule has 0 saturated carbocycles. The highest BCUT2D eigenvalue weighted by Gasteiger charge is 2.19. The van der Waals surface area contributed by atoms with Crippen molar-refractivity contribution in [1.29, 1.82) is 0 Å². The fourth-order valence-electron chi connectivity index (χ4n) is 3.27. The minimum Gasteiger partial charge on any atom is -0.497 e. The van der Waals surface area contributed by atoms with Crippen LogP contribution in [-0.2, 0) is 0 Å². The van der Waals surface area contributed by atoms with E-state index in [1.54, 1.807) is 55.6 Å². The van der Waals surface area contributed by atoms with E-state index in [1.807, 2.05) is 25.1 Å². The van der Waals surface area contributed by atoms with Gasteiger partial charge in [-0.25, -0.2) is 0 Å². The number of nitrogens with one attached hydrogen (secondary N) is 2. The van der Waals surface area contributed by atoms with Crippen molar-refractivity contribution in [3.63, 3.8) is 0 Å². The summed E-state index contributed by atoms with van der Waals surface area (Å²) in [5.41, 5.74) is 2.15. The van der Waals surface area contributed by atoms with E-state index in [0.717, 1.165) is 5.56 Å². The van der Waals surface area contributed by atoms with E-state index in [0.29, 0.717) is 34.1 Å². The van der Waals surface area contributed by atoms with E-state index in [1.165, 1.54) is 0 Å². The van der Waals surface area contributed by atoms with Gasteiger partial charge in [0, 0.05) is 5.56 Å². The van der Waals surface area contributed by atoms with E-state index in [9.17, 15) is 9.59 Å². The van der Waals surface area contributed by atoms with Crippen molar-refractivity contribution in [2.45, 2.75) is 13.0 Å². The molecule has 7 heteroatoms. The normalized spacial score (nSPS) is 12.7. The van der Waals surface area contributed by atoms with Crippen LogP contribution in [0.2, 0.25) is 0 Å². The highest BCUT2D eigenvalue weighted by atomic mass is 16.7. The Kier molecular flexibility index (Phi) is 5.75. The molecule has 158 valence electrons. The van der Waals surface area contributed by atoms with Gasteiger partial charge in [0.1, 0.15) is 5.75 Å². The molecule has 0 spiro atoms. The van der Waals surface area contributed by atoms with Gasteiger partial charge in [-0.2, -0.15) is 0 Å². The van der Waals surface area contributed by atoms with Crippen molar-refractivity contribution in [3.8, 4) is 17.2 Å². The molecule has 1 aliphatic heterocycles. The Labute approximate surface area is 179 Å². The first-order valence-electron chi connectivity index (χ1n) is 9.80. The summed E-state index contributed by atoms with van der Waals surface area (Å²) in [5.74, 6) is 1.40. The number of ether oxygens (including phenoxy) is 3. The molecule has 0 fully saturated rings. The number of hydrogen-bond donors (Lipinski definition) is 2. The summed E-state index contributed by atoms with van der Waals surface area (Å²) in [6.45, 7) is 2.08. The third kappa shape index (κ3) is 4.45. The molecule has 0 aromatic heterocycles.